The maximum absolute atomic E-state index is 12.8. The van der Waals surface area contributed by atoms with Crippen molar-refractivity contribution in [2.24, 2.45) is 0 Å². The van der Waals surface area contributed by atoms with Crippen LogP contribution in [-0.2, 0) is 6.42 Å². The van der Waals surface area contributed by atoms with Crippen molar-refractivity contribution >= 4 is 28.6 Å². The maximum atomic E-state index is 12.8. The van der Waals surface area contributed by atoms with E-state index < -0.39 is 6.10 Å². The number of oxazole rings is 1. The standard InChI is InChI=1S/C24H21ClN2O3/c1-27(15-21(28)17-5-3-2-4-6-17)24(29)18-9-12-22-20(14-18)26-23(30-22)13-16-7-10-19(25)11-8-16/h2-12,14,21,28H,13,15H2,1H3. The Morgan fingerprint density at radius 3 is 2.57 bits per heavy atom. The molecule has 1 amide bonds. The average Bonchev–Trinajstić information content (AvgIpc) is 3.16. The molecule has 6 heteroatoms. The SMILES string of the molecule is CN(CC(O)c1ccccc1)C(=O)c1ccc2oc(Cc3ccc(Cl)cc3)nc2c1. The molecule has 1 unspecified atom stereocenters. The zero-order valence-electron chi connectivity index (χ0n) is 16.5. The van der Waals surface area contributed by atoms with Crippen LogP contribution in [0.1, 0.15) is 33.5 Å². The molecule has 1 N–H and O–H groups in total. The highest BCUT2D eigenvalue weighted by molar-refractivity contribution is 6.30. The van der Waals surface area contributed by atoms with Crippen LogP contribution < -0.4 is 0 Å². The van der Waals surface area contributed by atoms with Crippen molar-refractivity contribution in [1.82, 2.24) is 9.88 Å². The van der Waals surface area contributed by atoms with Crippen LogP contribution in [0.5, 0.6) is 0 Å². The fraction of sp³-hybridized carbons (Fsp3) is 0.167. The lowest BCUT2D eigenvalue weighted by atomic mass is 10.1. The van der Waals surface area contributed by atoms with Gasteiger partial charge in [-0.1, -0.05) is 54.1 Å². The van der Waals surface area contributed by atoms with Gasteiger partial charge in [0.25, 0.3) is 5.91 Å². The quantitative estimate of drug-likeness (QED) is 0.483. The number of hydrogen-bond acceptors (Lipinski definition) is 4. The normalized spacial score (nSPS) is 12.1. The minimum absolute atomic E-state index is 0.186. The number of hydrogen-bond donors (Lipinski definition) is 1. The van der Waals surface area contributed by atoms with E-state index in [1.165, 1.54) is 4.90 Å². The molecule has 0 bridgehead atoms. The number of likely N-dealkylation sites (N-methyl/N-ethyl adjacent to an activating group) is 1. The molecule has 30 heavy (non-hydrogen) atoms. The first-order chi connectivity index (χ1) is 14.5. The number of aromatic nitrogens is 1. The minimum Gasteiger partial charge on any atom is -0.440 e. The van der Waals surface area contributed by atoms with Crippen molar-refractivity contribution < 1.29 is 14.3 Å². The molecular weight excluding hydrogens is 400 g/mol. The number of nitrogens with zero attached hydrogens (tertiary/aromatic N) is 2. The predicted octanol–water partition coefficient (Wildman–Crippen LogP) is 4.88. The summed E-state index contributed by atoms with van der Waals surface area (Å²) in [6, 6.07) is 22.0. The molecule has 1 heterocycles. The zero-order valence-corrected chi connectivity index (χ0v) is 17.2. The fourth-order valence-electron chi connectivity index (χ4n) is 3.30. The number of amides is 1. The molecule has 5 nitrogen and oxygen atoms in total. The molecule has 0 saturated heterocycles. The van der Waals surface area contributed by atoms with Crippen molar-refractivity contribution in [3.8, 4) is 0 Å². The molecule has 0 saturated carbocycles. The highest BCUT2D eigenvalue weighted by atomic mass is 35.5. The van der Waals surface area contributed by atoms with E-state index in [2.05, 4.69) is 4.98 Å². The number of aliphatic hydroxyl groups is 1. The molecule has 1 atom stereocenters. The van der Waals surface area contributed by atoms with E-state index in [-0.39, 0.29) is 12.5 Å². The number of benzene rings is 3. The molecule has 0 radical (unpaired) electrons. The Balaban J connectivity index is 1.48. The van der Waals surface area contributed by atoms with Gasteiger partial charge in [0.15, 0.2) is 11.5 Å². The van der Waals surface area contributed by atoms with Crippen molar-refractivity contribution in [2.45, 2.75) is 12.5 Å². The molecule has 1 aromatic heterocycles. The third-order valence-corrected chi connectivity index (χ3v) is 5.18. The summed E-state index contributed by atoms with van der Waals surface area (Å²) < 4.78 is 5.81. The number of carbonyl (C=O) groups is 1. The summed E-state index contributed by atoms with van der Waals surface area (Å²) >= 11 is 5.93. The van der Waals surface area contributed by atoms with Gasteiger partial charge >= 0.3 is 0 Å². The van der Waals surface area contributed by atoms with Crippen LogP contribution in [0.25, 0.3) is 11.1 Å². The first-order valence-electron chi connectivity index (χ1n) is 9.62. The average molecular weight is 421 g/mol. The zero-order chi connectivity index (χ0) is 21.1. The van der Waals surface area contributed by atoms with E-state index in [1.54, 1.807) is 25.2 Å². The highest BCUT2D eigenvalue weighted by Crippen LogP contribution is 2.21. The van der Waals surface area contributed by atoms with Crippen molar-refractivity contribution in [3.05, 3.63) is 100 Å². The van der Waals surface area contributed by atoms with Gasteiger partial charge in [-0.2, -0.15) is 0 Å². The summed E-state index contributed by atoms with van der Waals surface area (Å²) in [6.45, 7) is 0.196. The molecular formula is C24H21ClN2O3. The number of rotatable bonds is 6. The lowest BCUT2D eigenvalue weighted by Gasteiger charge is -2.21. The predicted molar refractivity (Wildman–Crippen MR) is 117 cm³/mol. The van der Waals surface area contributed by atoms with Crippen LogP contribution >= 0.6 is 11.6 Å². The Labute approximate surface area is 179 Å². The van der Waals surface area contributed by atoms with Gasteiger partial charge in [-0.3, -0.25) is 4.79 Å². The fourth-order valence-corrected chi connectivity index (χ4v) is 3.43. The number of carbonyl (C=O) groups excluding carboxylic acids is 1. The van der Waals surface area contributed by atoms with Gasteiger partial charge in [0, 0.05) is 24.1 Å². The summed E-state index contributed by atoms with van der Waals surface area (Å²) in [6.07, 6.45) is -0.208. The summed E-state index contributed by atoms with van der Waals surface area (Å²) in [7, 11) is 1.67. The minimum atomic E-state index is -0.748. The molecule has 0 aliphatic heterocycles. The van der Waals surface area contributed by atoms with E-state index >= 15 is 0 Å². The lowest BCUT2D eigenvalue weighted by Crippen LogP contribution is -2.31. The first-order valence-corrected chi connectivity index (χ1v) is 10.00. The lowest BCUT2D eigenvalue weighted by molar-refractivity contribution is 0.0681. The van der Waals surface area contributed by atoms with Crippen LogP contribution in [0.15, 0.2) is 77.2 Å². The van der Waals surface area contributed by atoms with Crippen molar-refractivity contribution in [2.75, 3.05) is 13.6 Å². The first kappa shape index (κ1) is 20.1. The van der Waals surface area contributed by atoms with Crippen LogP contribution in [0, 0.1) is 0 Å². The van der Waals surface area contributed by atoms with Gasteiger partial charge in [0.2, 0.25) is 0 Å². The molecule has 0 fully saturated rings. The third kappa shape index (κ3) is 4.53. The summed E-state index contributed by atoms with van der Waals surface area (Å²) in [5.74, 6) is 0.388. The smallest absolute Gasteiger partial charge is 0.253 e. The second-order valence-corrected chi connectivity index (χ2v) is 7.64. The van der Waals surface area contributed by atoms with E-state index in [0.717, 1.165) is 11.1 Å². The number of fused-ring (bicyclic) bond motifs is 1. The Morgan fingerprint density at radius 2 is 1.83 bits per heavy atom. The van der Waals surface area contributed by atoms with Crippen LogP contribution in [0.2, 0.25) is 5.02 Å². The summed E-state index contributed by atoms with van der Waals surface area (Å²) in [4.78, 5) is 18.9. The van der Waals surface area contributed by atoms with Crippen LogP contribution in [0.3, 0.4) is 0 Å². The highest BCUT2D eigenvalue weighted by Gasteiger charge is 2.18. The Bertz CT molecular complexity index is 1160. The molecule has 0 spiro atoms. The topological polar surface area (TPSA) is 66.6 Å². The van der Waals surface area contributed by atoms with E-state index in [9.17, 15) is 9.90 Å². The maximum Gasteiger partial charge on any atom is 0.253 e. The number of aliphatic hydroxyl groups excluding tert-OH is 1. The van der Waals surface area contributed by atoms with Gasteiger partial charge in [-0.15, -0.1) is 0 Å². The summed E-state index contributed by atoms with van der Waals surface area (Å²) in [5.41, 5.74) is 3.56. The molecule has 0 aliphatic rings. The van der Waals surface area contributed by atoms with Gasteiger partial charge in [-0.05, 0) is 41.5 Å². The van der Waals surface area contributed by atoms with E-state index in [0.29, 0.717) is 34.0 Å². The van der Waals surface area contributed by atoms with E-state index in [1.807, 2.05) is 54.6 Å². The molecule has 4 aromatic rings. The second-order valence-electron chi connectivity index (χ2n) is 7.21. The Morgan fingerprint density at radius 1 is 1.10 bits per heavy atom. The third-order valence-electron chi connectivity index (χ3n) is 4.93. The Kier molecular flexibility index (Phi) is 5.84. The van der Waals surface area contributed by atoms with Crippen LogP contribution in [0.4, 0.5) is 0 Å². The molecule has 3 aromatic carbocycles. The molecule has 0 aliphatic carbocycles. The monoisotopic (exact) mass is 420 g/mol. The van der Waals surface area contributed by atoms with Gasteiger partial charge in [0.1, 0.15) is 5.52 Å². The van der Waals surface area contributed by atoms with E-state index in [4.69, 9.17) is 16.0 Å². The van der Waals surface area contributed by atoms with Crippen molar-refractivity contribution in [3.63, 3.8) is 0 Å². The molecule has 152 valence electrons. The molecule has 4 rings (SSSR count). The second kappa shape index (κ2) is 8.69. The number of halogens is 1. The summed E-state index contributed by atoms with van der Waals surface area (Å²) in [5, 5.41) is 11.1. The van der Waals surface area contributed by atoms with Crippen LogP contribution in [-0.4, -0.2) is 34.5 Å². The van der Waals surface area contributed by atoms with Gasteiger partial charge in [-0.25, -0.2) is 4.98 Å². The largest absolute Gasteiger partial charge is 0.440 e. The van der Waals surface area contributed by atoms with Crippen molar-refractivity contribution in [1.29, 1.82) is 0 Å². The Hall–Kier alpha value is -3.15. The van der Waals surface area contributed by atoms with Gasteiger partial charge in [0.05, 0.1) is 12.6 Å². The van der Waals surface area contributed by atoms with Gasteiger partial charge < -0.3 is 14.4 Å².